The van der Waals surface area contributed by atoms with Gasteiger partial charge in [0.1, 0.15) is 5.82 Å². The van der Waals surface area contributed by atoms with Crippen LogP contribution in [0.3, 0.4) is 0 Å². The topological polar surface area (TPSA) is 49.4 Å². The maximum atomic E-state index is 13.3. The number of nitrogens with zero attached hydrogens (tertiary/aromatic N) is 1. The predicted molar refractivity (Wildman–Crippen MR) is 81.4 cm³/mol. The Bertz CT molecular complexity index is 573. The third-order valence-electron chi connectivity index (χ3n) is 3.84. The van der Waals surface area contributed by atoms with E-state index in [0.29, 0.717) is 17.7 Å². The molecule has 1 aliphatic rings. The van der Waals surface area contributed by atoms with Gasteiger partial charge in [-0.2, -0.15) is 0 Å². The summed E-state index contributed by atoms with van der Waals surface area (Å²) in [6.45, 7) is 6.80. The first-order valence-electron chi connectivity index (χ1n) is 7.39. The van der Waals surface area contributed by atoms with Crippen molar-refractivity contribution in [2.24, 2.45) is 0 Å². The first-order valence-corrected chi connectivity index (χ1v) is 8.87. The molecule has 1 N–H and O–H groups in total. The Morgan fingerprint density at radius 3 is 2.33 bits per heavy atom. The zero-order valence-electron chi connectivity index (χ0n) is 12.7. The number of nitrogens with one attached hydrogen (secondary N) is 1. The standard InChI is InChI=1S/C15H23FN2O2S/c1-12-10-14(16)11-13(2)15(12)21(19,20)17-6-5-9-18-7-3-4-8-18/h10-11,17H,3-9H2,1-2H3. The van der Waals surface area contributed by atoms with Gasteiger partial charge in [-0.05, 0) is 76.0 Å². The van der Waals surface area contributed by atoms with Crippen LogP contribution in [-0.2, 0) is 10.0 Å². The van der Waals surface area contributed by atoms with Crippen molar-refractivity contribution in [1.82, 2.24) is 9.62 Å². The molecule has 1 fully saturated rings. The summed E-state index contributed by atoms with van der Waals surface area (Å²) in [7, 11) is -3.57. The van der Waals surface area contributed by atoms with Crippen molar-refractivity contribution >= 4 is 10.0 Å². The number of sulfonamides is 1. The first kappa shape index (κ1) is 16.4. The molecule has 0 radical (unpaired) electrons. The lowest BCUT2D eigenvalue weighted by atomic mass is 10.1. The van der Waals surface area contributed by atoms with Crippen molar-refractivity contribution in [2.45, 2.75) is 38.0 Å². The van der Waals surface area contributed by atoms with Crippen LogP contribution >= 0.6 is 0 Å². The highest BCUT2D eigenvalue weighted by Gasteiger charge is 2.20. The van der Waals surface area contributed by atoms with Gasteiger partial charge in [0.05, 0.1) is 4.90 Å². The Labute approximate surface area is 126 Å². The van der Waals surface area contributed by atoms with E-state index < -0.39 is 15.8 Å². The van der Waals surface area contributed by atoms with Gasteiger partial charge in [0, 0.05) is 6.54 Å². The number of benzene rings is 1. The second-order valence-electron chi connectivity index (χ2n) is 5.67. The smallest absolute Gasteiger partial charge is 0.241 e. The van der Waals surface area contributed by atoms with Crippen molar-refractivity contribution in [3.8, 4) is 0 Å². The molecular weight excluding hydrogens is 291 g/mol. The van der Waals surface area contributed by atoms with E-state index in [1.165, 1.54) is 25.0 Å². The average Bonchev–Trinajstić information content (AvgIpc) is 2.86. The molecule has 0 bridgehead atoms. The van der Waals surface area contributed by atoms with Crippen LogP contribution in [0.25, 0.3) is 0 Å². The van der Waals surface area contributed by atoms with Gasteiger partial charge in [0.25, 0.3) is 0 Å². The van der Waals surface area contributed by atoms with Gasteiger partial charge in [-0.25, -0.2) is 17.5 Å². The summed E-state index contributed by atoms with van der Waals surface area (Å²) in [5.74, 6) is -0.405. The Balaban J connectivity index is 1.95. The summed E-state index contributed by atoms with van der Waals surface area (Å²) in [5, 5.41) is 0. The molecule has 4 nitrogen and oxygen atoms in total. The molecule has 0 aliphatic carbocycles. The van der Waals surface area contributed by atoms with Crippen molar-refractivity contribution in [3.63, 3.8) is 0 Å². The minimum absolute atomic E-state index is 0.199. The number of likely N-dealkylation sites (tertiary alicyclic amines) is 1. The van der Waals surface area contributed by atoms with E-state index in [1.54, 1.807) is 13.8 Å². The minimum atomic E-state index is -3.57. The molecule has 0 aromatic heterocycles. The number of halogens is 1. The predicted octanol–water partition coefficient (Wildman–Crippen LogP) is 2.21. The third kappa shape index (κ3) is 4.25. The van der Waals surface area contributed by atoms with Gasteiger partial charge in [0.2, 0.25) is 10.0 Å². The van der Waals surface area contributed by atoms with E-state index in [0.717, 1.165) is 26.1 Å². The second-order valence-corrected chi connectivity index (χ2v) is 7.37. The highest BCUT2D eigenvalue weighted by Crippen LogP contribution is 2.21. The van der Waals surface area contributed by atoms with Crippen molar-refractivity contribution < 1.29 is 12.8 Å². The van der Waals surface area contributed by atoms with Gasteiger partial charge >= 0.3 is 0 Å². The van der Waals surface area contributed by atoms with Crippen LogP contribution in [0.2, 0.25) is 0 Å². The Morgan fingerprint density at radius 2 is 1.76 bits per heavy atom. The molecule has 2 rings (SSSR count). The largest absolute Gasteiger partial charge is 0.303 e. The molecule has 0 atom stereocenters. The summed E-state index contributed by atoms with van der Waals surface area (Å²) in [6.07, 6.45) is 3.26. The Hall–Kier alpha value is -0.980. The van der Waals surface area contributed by atoms with E-state index in [-0.39, 0.29) is 4.90 Å². The number of rotatable bonds is 6. The maximum absolute atomic E-state index is 13.3. The zero-order chi connectivity index (χ0) is 15.5. The van der Waals surface area contributed by atoms with Gasteiger partial charge in [-0.1, -0.05) is 0 Å². The molecule has 1 aliphatic heterocycles. The number of hydrogen-bond acceptors (Lipinski definition) is 3. The second kappa shape index (κ2) is 6.85. The van der Waals surface area contributed by atoms with E-state index in [1.807, 2.05) is 0 Å². The van der Waals surface area contributed by atoms with Crippen LogP contribution in [0.15, 0.2) is 17.0 Å². The average molecular weight is 314 g/mol. The van der Waals surface area contributed by atoms with Crippen LogP contribution in [0.5, 0.6) is 0 Å². The molecule has 6 heteroatoms. The fourth-order valence-electron chi connectivity index (χ4n) is 2.91. The van der Waals surface area contributed by atoms with Gasteiger partial charge < -0.3 is 4.90 Å². The van der Waals surface area contributed by atoms with Crippen molar-refractivity contribution in [1.29, 1.82) is 0 Å². The SMILES string of the molecule is Cc1cc(F)cc(C)c1S(=O)(=O)NCCCN1CCCC1. The Morgan fingerprint density at radius 1 is 1.19 bits per heavy atom. The van der Waals surface area contributed by atoms with Gasteiger partial charge in [-0.3, -0.25) is 0 Å². The molecule has 1 aromatic carbocycles. The lowest BCUT2D eigenvalue weighted by Gasteiger charge is -2.15. The summed E-state index contributed by atoms with van der Waals surface area (Å²) in [5.41, 5.74) is 0.888. The molecule has 0 amide bonds. The van der Waals surface area contributed by atoms with Crippen molar-refractivity contribution in [2.75, 3.05) is 26.2 Å². The molecule has 1 saturated heterocycles. The molecular formula is C15H23FN2O2S. The molecule has 0 unspecified atom stereocenters. The molecule has 21 heavy (non-hydrogen) atoms. The van der Waals surface area contributed by atoms with Gasteiger partial charge in [-0.15, -0.1) is 0 Å². The van der Waals surface area contributed by atoms with Crippen LogP contribution in [0.1, 0.15) is 30.4 Å². The minimum Gasteiger partial charge on any atom is -0.303 e. The quantitative estimate of drug-likeness (QED) is 0.819. The molecule has 1 aromatic rings. The first-order chi connectivity index (χ1) is 9.90. The lowest BCUT2D eigenvalue weighted by Crippen LogP contribution is -2.29. The molecule has 1 heterocycles. The third-order valence-corrected chi connectivity index (χ3v) is 5.60. The highest BCUT2D eigenvalue weighted by atomic mass is 32.2. The van der Waals surface area contributed by atoms with E-state index >= 15 is 0 Å². The Kier molecular flexibility index (Phi) is 5.35. The summed E-state index contributed by atoms with van der Waals surface area (Å²) < 4.78 is 40.5. The van der Waals surface area contributed by atoms with Crippen LogP contribution < -0.4 is 4.72 Å². The normalized spacial score (nSPS) is 16.5. The molecule has 0 spiro atoms. The monoisotopic (exact) mass is 314 g/mol. The van der Waals surface area contributed by atoms with E-state index in [4.69, 9.17) is 0 Å². The highest BCUT2D eigenvalue weighted by molar-refractivity contribution is 7.89. The molecule has 118 valence electrons. The fourth-order valence-corrected chi connectivity index (χ4v) is 4.43. The number of hydrogen-bond donors (Lipinski definition) is 1. The summed E-state index contributed by atoms with van der Waals surface area (Å²) in [4.78, 5) is 2.55. The van der Waals surface area contributed by atoms with E-state index in [9.17, 15) is 12.8 Å². The molecule has 0 saturated carbocycles. The number of aryl methyl sites for hydroxylation is 2. The lowest BCUT2D eigenvalue weighted by molar-refractivity contribution is 0.334. The summed E-state index contributed by atoms with van der Waals surface area (Å²) >= 11 is 0. The van der Waals surface area contributed by atoms with Gasteiger partial charge in [0.15, 0.2) is 0 Å². The zero-order valence-corrected chi connectivity index (χ0v) is 13.5. The fraction of sp³-hybridized carbons (Fsp3) is 0.600. The van der Waals surface area contributed by atoms with Crippen LogP contribution in [0, 0.1) is 19.7 Å². The van der Waals surface area contributed by atoms with Crippen LogP contribution in [0.4, 0.5) is 4.39 Å². The maximum Gasteiger partial charge on any atom is 0.241 e. The van der Waals surface area contributed by atoms with E-state index in [2.05, 4.69) is 9.62 Å². The summed E-state index contributed by atoms with van der Waals surface area (Å²) in [6, 6.07) is 2.51. The van der Waals surface area contributed by atoms with Crippen molar-refractivity contribution in [3.05, 3.63) is 29.1 Å². The van der Waals surface area contributed by atoms with Crippen LogP contribution in [-0.4, -0.2) is 39.5 Å².